The number of nitrogens with one attached hydrogen (secondary N) is 1. The molecule has 2 fully saturated rings. The van der Waals surface area contributed by atoms with Crippen LogP contribution in [0, 0.1) is 5.82 Å². The summed E-state index contributed by atoms with van der Waals surface area (Å²) in [5.41, 5.74) is 1.15. The van der Waals surface area contributed by atoms with Gasteiger partial charge >= 0.3 is 0 Å². The molecule has 1 aromatic rings. The number of halogens is 1. The minimum absolute atomic E-state index is 0.117. The molecule has 1 N–H and O–H groups in total. The number of ether oxygens (including phenoxy) is 1. The zero-order valence-corrected chi connectivity index (χ0v) is 10.6. The Morgan fingerprint density at radius 2 is 1.89 bits per heavy atom. The SMILES string of the molecule is Fc1cccc(C2CC(NC3CCOCC3)C2)c1. The van der Waals surface area contributed by atoms with Crippen molar-refractivity contribution in [3.8, 4) is 0 Å². The van der Waals surface area contributed by atoms with Crippen LogP contribution in [0.4, 0.5) is 4.39 Å². The lowest BCUT2D eigenvalue weighted by molar-refractivity contribution is 0.0697. The molecule has 3 rings (SSSR count). The van der Waals surface area contributed by atoms with Gasteiger partial charge in [-0.25, -0.2) is 4.39 Å². The summed E-state index contributed by atoms with van der Waals surface area (Å²) >= 11 is 0. The molecule has 18 heavy (non-hydrogen) atoms. The highest BCUT2D eigenvalue weighted by atomic mass is 19.1. The van der Waals surface area contributed by atoms with Gasteiger partial charge < -0.3 is 10.1 Å². The van der Waals surface area contributed by atoms with E-state index in [1.54, 1.807) is 6.07 Å². The van der Waals surface area contributed by atoms with Crippen LogP contribution in [-0.4, -0.2) is 25.3 Å². The molecule has 98 valence electrons. The first kappa shape index (κ1) is 12.1. The zero-order valence-electron chi connectivity index (χ0n) is 10.6. The van der Waals surface area contributed by atoms with Gasteiger partial charge in [0.2, 0.25) is 0 Å². The molecular formula is C15H20FNO. The van der Waals surface area contributed by atoms with Crippen LogP contribution in [0.5, 0.6) is 0 Å². The summed E-state index contributed by atoms with van der Waals surface area (Å²) < 4.78 is 18.5. The van der Waals surface area contributed by atoms with Gasteiger partial charge in [-0.05, 0) is 49.3 Å². The fourth-order valence-electron chi connectivity index (χ4n) is 2.98. The van der Waals surface area contributed by atoms with Gasteiger partial charge in [0.15, 0.2) is 0 Å². The summed E-state index contributed by atoms with van der Waals surface area (Å²) in [7, 11) is 0. The van der Waals surface area contributed by atoms with Gasteiger partial charge in [-0.1, -0.05) is 12.1 Å². The zero-order chi connectivity index (χ0) is 12.4. The first-order valence-corrected chi connectivity index (χ1v) is 6.90. The Bertz CT molecular complexity index is 397. The summed E-state index contributed by atoms with van der Waals surface area (Å²) in [5.74, 6) is 0.423. The lowest BCUT2D eigenvalue weighted by Gasteiger charge is -2.39. The van der Waals surface area contributed by atoms with Crippen molar-refractivity contribution in [1.29, 1.82) is 0 Å². The Balaban J connectivity index is 1.48. The second kappa shape index (κ2) is 5.37. The quantitative estimate of drug-likeness (QED) is 0.889. The van der Waals surface area contributed by atoms with Gasteiger partial charge in [0.05, 0.1) is 0 Å². The molecule has 1 aliphatic carbocycles. The molecule has 1 saturated carbocycles. The summed E-state index contributed by atoms with van der Waals surface area (Å²) in [6.45, 7) is 1.77. The fraction of sp³-hybridized carbons (Fsp3) is 0.600. The van der Waals surface area contributed by atoms with Gasteiger partial charge in [0.25, 0.3) is 0 Å². The molecular weight excluding hydrogens is 229 g/mol. The molecule has 1 heterocycles. The number of benzene rings is 1. The van der Waals surface area contributed by atoms with E-state index >= 15 is 0 Å². The van der Waals surface area contributed by atoms with Crippen LogP contribution >= 0.6 is 0 Å². The molecule has 1 aromatic carbocycles. The second-order valence-electron chi connectivity index (χ2n) is 5.47. The van der Waals surface area contributed by atoms with Crippen LogP contribution in [-0.2, 0) is 4.74 Å². The third-order valence-corrected chi connectivity index (χ3v) is 4.15. The van der Waals surface area contributed by atoms with Crippen molar-refractivity contribution in [2.75, 3.05) is 13.2 Å². The maximum absolute atomic E-state index is 13.1. The molecule has 0 radical (unpaired) electrons. The summed E-state index contributed by atoms with van der Waals surface area (Å²) in [4.78, 5) is 0. The van der Waals surface area contributed by atoms with Gasteiger partial charge in [0, 0.05) is 25.3 Å². The highest BCUT2D eigenvalue weighted by molar-refractivity contribution is 5.23. The van der Waals surface area contributed by atoms with Crippen LogP contribution in [0.15, 0.2) is 24.3 Å². The highest BCUT2D eigenvalue weighted by Crippen LogP contribution is 2.37. The fourth-order valence-corrected chi connectivity index (χ4v) is 2.98. The second-order valence-corrected chi connectivity index (χ2v) is 5.47. The van der Waals surface area contributed by atoms with Crippen molar-refractivity contribution >= 4 is 0 Å². The molecule has 0 atom stereocenters. The first-order valence-electron chi connectivity index (χ1n) is 6.90. The van der Waals surface area contributed by atoms with Gasteiger partial charge in [-0.3, -0.25) is 0 Å². The van der Waals surface area contributed by atoms with Crippen molar-refractivity contribution in [2.45, 2.75) is 43.7 Å². The monoisotopic (exact) mass is 249 g/mol. The average molecular weight is 249 g/mol. The van der Waals surface area contributed by atoms with Crippen molar-refractivity contribution in [3.05, 3.63) is 35.6 Å². The van der Waals surface area contributed by atoms with Crippen molar-refractivity contribution < 1.29 is 9.13 Å². The number of hydrogen-bond donors (Lipinski definition) is 1. The predicted molar refractivity (Wildman–Crippen MR) is 69.1 cm³/mol. The molecule has 0 unspecified atom stereocenters. The maximum atomic E-state index is 13.1. The molecule has 2 nitrogen and oxygen atoms in total. The minimum atomic E-state index is -0.117. The van der Waals surface area contributed by atoms with Crippen LogP contribution < -0.4 is 5.32 Å². The molecule has 0 aromatic heterocycles. The van der Waals surface area contributed by atoms with Gasteiger partial charge in [-0.15, -0.1) is 0 Å². The van der Waals surface area contributed by atoms with Crippen LogP contribution in [0.3, 0.4) is 0 Å². The first-order chi connectivity index (χ1) is 8.81. The molecule has 0 amide bonds. The number of rotatable bonds is 3. The number of hydrogen-bond acceptors (Lipinski definition) is 2. The largest absolute Gasteiger partial charge is 0.381 e. The van der Waals surface area contributed by atoms with E-state index in [0.29, 0.717) is 18.0 Å². The van der Waals surface area contributed by atoms with Crippen LogP contribution in [0.1, 0.15) is 37.2 Å². The van der Waals surface area contributed by atoms with E-state index in [4.69, 9.17) is 4.74 Å². The predicted octanol–water partition coefficient (Wildman–Crippen LogP) is 2.84. The van der Waals surface area contributed by atoms with Crippen LogP contribution in [0.25, 0.3) is 0 Å². The normalized spacial score (nSPS) is 28.9. The summed E-state index contributed by atoms with van der Waals surface area (Å²) in [5, 5.41) is 3.70. The Morgan fingerprint density at radius 1 is 1.11 bits per heavy atom. The van der Waals surface area contributed by atoms with E-state index < -0.39 is 0 Å². The third kappa shape index (κ3) is 2.73. The topological polar surface area (TPSA) is 21.3 Å². The smallest absolute Gasteiger partial charge is 0.123 e. The third-order valence-electron chi connectivity index (χ3n) is 4.15. The summed E-state index contributed by atoms with van der Waals surface area (Å²) in [6.07, 6.45) is 4.53. The van der Waals surface area contributed by atoms with E-state index in [-0.39, 0.29) is 5.82 Å². The molecule has 2 aliphatic rings. The van der Waals surface area contributed by atoms with Crippen molar-refractivity contribution in [2.24, 2.45) is 0 Å². The minimum Gasteiger partial charge on any atom is -0.381 e. The molecule has 0 spiro atoms. The summed E-state index contributed by atoms with van der Waals surface area (Å²) in [6, 6.07) is 8.27. The lowest BCUT2D eigenvalue weighted by atomic mass is 9.75. The lowest BCUT2D eigenvalue weighted by Crippen LogP contribution is -2.47. The van der Waals surface area contributed by atoms with Gasteiger partial charge in [0.1, 0.15) is 5.82 Å². The average Bonchev–Trinajstić information content (AvgIpc) is 2.34. The Labute approximate surface area is 108 Å². The van der Waals surface area contributed by atoms with Gasteiger partial charge in [-0.2, -0.15) is 0 Å². The van der Waals surface area contributed by atoms with E-state index in [0.717, 1.165) is 44.5 Å². The standard InChI is InChI=1S/C15H20FNO/c16-13-3-1-2-11(8-13)12-9-15(10-12)17-14-4-6-18-7-5-14/h1-3,8,12,14-15,17H,4-7,9-10H2. The van der Waals surface area contributed by atoms with E-state index in [2.05, 4.69) is 5.32 Å². The maximum Gasteiger partial charge on any atom is 0.123 e. The van der Waals surface area contributed by atoms with E-state index in [9.17, 15) is 4.39 Å². The van der Waals surface area contributed by atoms with E-state index in [1.165, 1.54) is 6.07 Å². The van der Waals surface area contributed by atoms with Crippen molar-refractivity contribution in [3.63, 3.8) is 0 Å². The Kier molecular flexibility index (Phi) is 3.62. The molecule has 3 heteroatoms. The highest BCUT2D eigenvalue weighted by Gasteiger charge is 2.32. The van der Waals surface area contributed by atoms with Crippen molar-refractivity contribution in [1.82, 2.24) is 5.32 Å². The molecule has 1 saturated heterocycles. The van der Waals surface area contributed by atoms with Crippen LogP contribution in [0.2, 0.25) is 0 Å². The Hall–Kier alpha value is -0.930. The van der Waals surface area contributed by atoms with E-state index in [1.807, 2.05) is 12.1 Å². The Morgan fingerprint density at radius 3 is 2.61 bits per heavy atom. The molecule has 1 aliphatic heterocycles. The molecule has 0 bridgehead atoms.